The third-order valence-corrected chi connectivity index (χ3v) is 5.93. The Hall–Kier alpha value is -3.58. The summed E-state index contributed by atoms with van der Waals surface area (Å²) in [6, 6.07) is 15.7. The van der Waals surface area contributed by atoms with Gasteiger partial charge < -0.3 is 9.52 Å². The predicted octanol–water partition coefficient (Wildman–Crippen LogP) is 5.50. The number of carbonyl (C=O) groups is 3. The normalized spacial score (nSPS) is 15.2. The Morgan fingerprint density at radius 3 is 2.61 bits per heavy atom. The van der Waals surface area contributed by atoms with Gasteiger partial charge >= 0.3 is 5.97 Å². The number of amides is 2. The van der Waals surface area contributed by atoms with Gasteiger partial charge in [0.1, 0.15) is 11.5 Å². The maximum atomic E-state index is 12.8. The van der Waals surface area contributed by atoms with E-state index in [2.05, 4.69) is 0 Å². The van der Waals surface area contributed by atoms with E-state index in [-0.39, 0.29) is 28.2 Å². The van der Waals surface area contributed by atoms with Gasteiger partial charge in [-0.3, -0.25) is 14.5 Å². The second-order valence-corrected chi connectivity index (χ2v) is 8.24. The molecule has 31 heavy (non-hydrogen) atoms. The summed E-state index contributed by atoms with van der Waals surface area (Å²) in [5.74, 6) is -0.689. The highest BCUT2D eigenvalue weighted by Crippen LogP contribution is 2.35. The molecule has 2 aromatic carbocycles. The zero-order valence-corrected chi connectivity index (χ0v) is 17.7. The number of furan rings is 1. The maximum absolute atomic E-state index is 12.8. The highest BCUT2D eigenvalue weighted by atomic mass is 32.2. The van der Waals surface area contributed by atoms with Gasteiger partial charge in [-0.15, -0.1) is 0 Å². The Morgan fingerprint density at radius 2 is 1.87 bits per heavy atom. The van der Waals surface area contributed by atoms with Gasteiger partial charge in [0, 0.05) is 11.6 Å². The maximum Gasteiger partial charge on any atom is 0.336 e. The van der Waals surface area contributed by atoms with Crippen LogP contribution >= 0.6 is 11.8 Å². The average Bonchev–Trinajstić information content (AvgIpc) is 3.30. The van der Waals surface area contributed by atoms with Gasteiger partial charge in [0.25, 0.3) is 11.1 Å². The van der Waals surface area contributed by atoms with Crippen molar-refractivity contribution in [3.63, 3.8) is 0 Å². The van der Waals surface area contributed by atoms with Crippen molar-refractivity contribution < 1.29 is 23.9 Å². The van der Waals surface area contributed by atoms with E-state index in [0.29, 0.717) is 17.1 Å². The number of carboxylic acids is 1. The van der Waals surface area contributed by atoms with Gasteiger partial charge in [0.2, 0.25) is 0 Å². The van der Waals surface area contributed by atoms with Crippen molar-refractivity contribution in [3.05, 3.63) is 87.5 Å². The van der Waals surface area contributed by atoms with E-state index < -0.39 is 5.97 Å². The lowest BCUT2D eigenvalue weighted by molar-refractivity contribution is -0.123. The van der Waals surface area contributed by atoms with E-state index in [1.807, 2.05) is 32.0 Å². The molecule has 1 aliphatic rings. The topological polar surface area (TPSA) is 87.8 Å². The Bertz CT molecular complexity index is 1240. The summed E-state index contributed by atoms with van der Waals surface area (Å²) < 4.78 is 5.76. The van der Waals surface area contributed by atoms with Crippen LogP contribution < -0.4 is 0 Å². The Morgan fingerprint density at radius 1 is 1.10 bits per heavy atom. The van der Waals surface area contributed by atoms with Gasteiger partial charge in [-0.2, -0.15) is 0 Å². The molecule has 0 unspecified atom stereocenters. The summed E-state index contributed by atoms with van der Waals surface area (Å²) in [5, 5.41) is 9.03. The monoisotopic (exact) mass is 433 g/mol. The van der Waals surface area contributed by atoms with Crippen molar-refractivity contribution in [1.82, 2.24) is 4.90 Å². The molecule has 1 aliphatic heterocycles. The Balaban J connectivity index is 1.57. The minimum Gasteiger partial charge on any atom is -0.478 e. The van der Waals surface area contributed by atoms with Gasteiger partial charge in [-0.1, -0.05) is 42.0 Å². The second kappa shape index (κ2) is 8.28. The van der Waals surface area contributed by atoms with Crippen LogP contribution in [0.3, 0.4) is 0 Å². The molecule has 6 nitrogen and oxygen atoms in total. The molecule has 2 amide bonds. The number of aryl methyl sites for hydroxylation is 2. The quantitative estimate of drug-likeness (QED) is 0.535. The summed E-state index contributed by atoms with van der Waals surface area (Å²) in [7, 11) is 0. The smallest absolute Gasteiger partial charge is 0.336 e. The molecular formula is C24H19NO5S. The van der Waals surface area contributed by atoms with Crippen LogP contribution in [0, 0.1) is 13.8 Å². The molecule has 3 aromatic rings. The summed E-state index contributed by atoms with van der Waals surface area (Å²) in [4.78, 5) is 38.2. The number of carboxylic acid groups (broad SMARTS) is 1. The van der Waals surface area contributed by atoms with E-state index >= 15 is 0 Å². The molecule has 1 N–H and O–H groups in total. The molecule has 0 radical (unpaired) electrons. The molecule has 7 heteroatoms. The van der Waals surface area contributed by atoms with Crippen molar-refractivity contribution in [2.75, 3.05) is 0 Å². The van der Waals surface area contributed by atoms with Gasteiger partial charge in [0.05, 0.1) is 17.0 Å². The van der Waals surface area contributed by atoms with Crippen molar-refractivity contribution in [2.45, 2.75) is 20.4 Å². The van der Waals surface area contributed by atoms with Crippen LogP contribution in [0.1, 0.15) is 32.8 Å². The fraction of sp³-hybridized carbons (Fsp3) is 0.125. The van der Waals surface area contributed by atoms with E-state index in [0.717, 1.165) is 28.5 Å². The molecule has 0 atom stereocenters. The largest absolute Gasteiger partial charge is 0.478 e. The molecule has 1 fully saturated rings. The SMILES string of the molecule is Cc1ccc(CN2C(=O)SC(=Cc3ccc(-c4ccccc4C(=O)O)o3)C2=O)c(C)c1. The summed E-state index contributed by atoms with van der Waals surface area (Å²) in [6.45, 7) is 4.16. The number of rotatable bonds is 5. The standard InChI is InChI=1S/C24H19NO5S/c1-14-7-8-16(15(2)11-14)13-25-22(26)21(31-24(25)29)12-17-9-10-20(30-17)18-5-3-4-6-19(18)23(27)28/h3-12H,13H2,1-2H3,(H,27,28). The van der Waals surface area contributed by atoms with E-state index in [1.54, 1.807) is 30.3 Å². The lowest BCUT2D eigenvalue weighted by atomic mass is 10.1. The fourth-order valence-electron chi connectivity index (χ4n) is 3.42. The number of nitrogens with zero attached hydrogens (tertiary/aromatic N) is 1. The average molecular weight is 433 g/mol. The second-order valence-electron chi connectivity index (χ2n) is 7.25. The molecule has 1 saturated heterocycles. The Kier molecular flexibility index (Phi) is 5.52. The molecular weight excluding hydrogens is 414 g/mol. The van der Waals surface area contributed by atoms with Crippen LogP contribution in [0.4, 0.5) is 4.79 Å². The number of benzene rings is 2. The molecule has 2 heterocycles. The molecule has 0 saturated carbocycles. The van der Waals surface area contributed by atoms with E-state index in [1.165, 1.54) is 17.0 Å². The lowest BCUT2D eigenvalue weighted by Gasteiger charge is -2.14. The number of hydrogen-bond donors (Lipinski definition) is 1. The van der Waals surface area contributed by atoms with Crippen LogP contribution in [0.5, 0.6) is 0 Å². The first-order chi connectivity index (χ1) is 14.8. The molecule has 1 aromatic heterocycles. The van der Waals surface area contributed by atoms with Crippen molar-refractivity contribution in [1.29, 1.82) is 0 Å². The summed E-state index contributed by atoms with van der Waals surface area (Å²) in [6.07, 6.45) is 1.51. The van der Waals surface area contributed by atoms with Crippen molar-refractivity contribution in [3.8, 4) is 11.3 Å². The van der Waals surface area contributed by atoms with Crippen molar-refractivity contribution >= 4 is 35.0 Å². The summed E-state index contributed by atoms with van der Waals surface area (Å²) in [5.41, 5.74) is 3.62. The highest BCUT2D eigenvalue weighted by molar-refractivity contribution is 8.18. The van der Waals surface area contributed by atoms with Crippen LogP contribution in [0.25, 0.3) is 17.4 Å². The Labute approximate surface area is 183 Å². The highest BCUT2D eigenvalue weighted by Gasteiger charge is 2.35. The number of thioether (sulfide) groups is 1. The van der Waals surface area contributed by atoms with Gasteiger partial charge in [-0.25, -0.2) is 4.79 Å². The number of aromatic carboxylic acids is 1. The number of hydrogen-bond acceptors (Lipinski definition) is 5. The van der Waals surface area contributed by atoms with Crippen LogP contribution in [0.2, 0.25) is 0 Å². The number of imide groups is 1. The molecule has 156 valence electrons. The molecule has 0 aliphatic carbocycles. The lowest BCUT2D eigenvalue weighted by Crippen LogP contribution is -2.27. The predicted molar refractivity (Wildman–Crippen MR) is 119 cm³/mol. The third-order valence-electron chi connectivity index (χ3n) is 5.02. The molecule has 0 bridgehead atoms. The third kappa shape index (κ3) is 4.18. The first-order valence-electron chi connectivity index (χ1n) is 9.57. The van der Waals surface area contributed by atoms with Crippen LogP contribution in [-0.4, -0.2) is 27.1 Å². The molecule has 4 rings (SSSR count). The zero-order valence-electron chi connectivity index (χ0n) is 16.9. The first kappa shape index (κ1) is 20.7. The fourth-order valence-corrected chi connectivity index (χ4v) is 4.24. The molecule has 0 spiro atoms. The van der Waals surface area contributed by atoms with E-state index in [9.17, 15) is 19.5 Å². The van der Waals surface area contributed by atoms with Gasteiger partial charge in [0.15, 0.2) is 0 Å². The summed E-state index contributed by atoms with van der Waals surface area (Å²) >= 11 is 0.862. The number of carbonyl (C=O) groups excluding carboxylic acids is 2. The van der Waals surface area contributed by atoms with Gasteiger partial charge in [-0.05, 0) is 54.9 Å². The van der Waals surface area contributed by atoms with Crippen molar-refractivity contribution in [2.24, 2.45) is 0 Å². The minimum atomic E-state index is -1.05. The van der Waals surface area contributed by atoms with Crippen LogP contribution in [-0.2, 0) is 11.3 Å². The van der Waals surface area contributed by atoms with Crippen LogP contribution in [0.15, 0.2) is 63.9 Å². The minimum absolute atomic E-state index is 0.122. The zero-order chi connectivity index (χ0) is 22.1. The first-order valence-corrected chi connectivity index (χ1v) is 10.4. The van der Waals surface area contributed by atoms with E-state index in [4.69, 9.17) is 4.42 Å².